The Bertz CT molecular complexity index is 736. The van der Waals surface area contributed by atoms with E-state index < -0.39 is 24.1 Å². The molecule has 1 aromatic heterocycles. The molecular formula is C14H13ClFN3O3. The van der Waals surface area contributed by atoms with Gasteiger partial charge in [0.1, 0.15) is 23.3 Å². The fourth-order valence-corrected chi connectivity index (χ4v) is 2.74. The van der Waals surface area contributed by atoms with Gasteiger partial charge in [0.15, 0.2) is 0 Å². The lowest BCUT2D eigenvalue weighted by Crippen LogP contribution is -2.40. The molecule has 116 valence electrons. The molecule has 1 aliphatic heterocycles. The summed E-state index contributed by atoms with van der Waals surface area (Å²) in [6, 6.07) is 3.26. The van der Waals surface area contributed by atoms with Gasteiger partial charge in [-0.15, -0.1) is 0 Å². The highest BCUT2D eigenvalue weighted by atomic mass is 35.5. The number of nitrogens with zero attached hydrogens (tertiary/aromatic N) is 2. The van der Waals surface area contributed by atoms with Gasteiger partial charge in [0.2, 0.25) is 5.91 Å². The van der Waals surface area contributed by atoms with Gasteiger partial charge in [-0.1, -0.05) is 11.6 Å². The van der Waals surface area contributed by atoms with E-state index in [0.29, 0.717) is 11.5 Å². The van der Waals surface area contributed by atoms with Gasteiger partial charge in [0.05, 0.1) is 18.1 Å². The van der Waals surface area contributed by atoms with Crippen molar-refractivity contribution in [3.63, 3.8) is 0 Å². The molecule has 2 aromatic rings. The van der Waals surface area contributed by atoms with Crippen LogP contribution in [0.15, 0.2) is 30.6 Å². The molecule has 8 heteroatoms. The van der Waals surface area contributed by atoms with E-state index in [1.165, 1.54) is 24.4 Å². The Balaban J connectivity index is 2.05. The molecule has 2 heterocycles. The fourth-order valence-electron chi connectivity index (χ4n) is 2.56. The average molecular weight is 326 g/mol. The van der Waals surface area contributed by atoms with E-state index in [0.717, 1.165) is 0 Å². The molecule has 1 saturated heterocycles. The summed E-state index contributed by atoms with van der Waals surface area (Å²) in [6.45, 7) is -0.590. The first-order chi connectivity index (χ1) is 10.4. The highest BCUT2D eigenvalue weighted by Crippen LogP contribution is 2.34. The number of halogens is 2. The topological polar surface area (TPSA) is 87.4 Å². The molecule has 0 unspecified atom stereocenters. The van der Waals surface area contributed by atoms with Crippen LogP contribution in [0.25, 0.3) is 5.69 Å². The summed E-state index contributed by atoms with van der Waals surface area (Å²) < 4.78 is 14.9. The van der Waals surface area contributed by atoms with E-state index in [4.69, 9.17) is 11.6 Å². The maximum absolute atomic E-state index is 13.3. The first kappa shape index (κ1) is 15.0. The monoisotopic (exact) mass is 325 g/mol. The standard InChI is InChI=1S/C14H13ClFN3O3/c15-9-5-8(1-2-10(9)16)19-4-3-17-13(19)12-14(22,7-20)6-11(21)18-12/h1-5,12,20,22H,6-7H2,(H,18,21)/t12-,14+/m1/s1. The van der Waals surface area contributed by atoms with Gasteiger partial charge < -0.3 is 20.1 Å². The number of aromatic nitrogens is 2. The molecular weight excluding hydrogens is 313 g/mol. The molecule has 1 amide bonds. The zero-order chi connectivity index (χ0) is 15.9. The second-order valence-electron chi connectivity index (χ2n) is 5.19. The number of amides is 1. The predicted octanol–water partition coefficient (Wildman–Crippen LogP) is 0.949. The van der Waals surface area contributed by atoms with E-state index in [1.54, 1.807) is 10.8 Å². The lowest BCUT2D eigenvalue weighted by Gasteiger charge is -2.26. The van der Waals surface area contributed by atoms with Crippen molar-refractivity contribution in [2.45, 2.75) is 18.1 Å². The highest BCUT2D eigenvalue weighted by molar-refractivity contribution is 6.30. The summed E-state index contributed by atoms with van der Waals surface area (Å²) in [5.41, 5.74) is -1.11. The first-order valence-electron chi connectivity index (χ1n) is 6.56. The fraction of sp³-hybridized carbons (Fsp3) is 0.286. The Morgan fingerprint density at radius 2 is 2.32 bits per heavy atom. The molecule has 2 atom stereocenters. The second-order valence-corrected chi connectivity index (χ2v) is 5.60. The van der Waals surface area contributed by atoms with Crippen molar-refractivity contribution in [2.24, 2.45) is 0 Å². The highest BCUT2D eigenvalue weighted by Gasteiger charge is 2.48. The predicted molar refractivity (Wildman–Crippen MR) is 76.1 cm³/mol. The molecule has 6 nitrogen and oxygen atoms in total. The van der Waals surface area contributed by atoms with Crippen LogP contribution in [0, 0.1) is 5.82 Å². The number of aliphatic hydroxyl groups excluding tert-OH is 1. The van der Waals surface area contributed by atoms with Crippen molar-refractivity contribution < 1.29 is 19.4 Å². The number of hydrogen-bond acceptors (Lipinski definition) is 4. The minimum Gasteiger partial charge on any atom is -0.393 e. The van der Waals surface area contributed by atoms with Crippen LogP contribution >= 0.6 is 11.6 Å². The number of aliphatic hydroxyl groups is 2. The zero-order valence-electron chi connectivity index (χ0n) is 11.3. The molecule has 0 bridgehead atoms. The number of nitrogens with one attached hydrogen (secondary N) is 1. The van der Waals surface area contributed by atoms with Crippen LogP contribution < -0.4 is 5.32 Å². The van der Waals surface area contributed by atoms with E-state index in [9.17, 15) is 19.4 Å². The molecule has 0 spiro atoms. The number of rotatable bonds is 3. The summed E-state index contributed by atoms with van der Waals surface area (Å²) >= 11 is 5.78. The smallest absolute Gasteiger partial charge is 0.223 e. The normalized spacial score (nSPS) is 24.5. The maximum atomic E-state index is 13.3. The largest absolute Gasteiger partial charge is 0.393 e. The third-order valence-corrected chi connectivity index (χ3v) is 3.98. The van der Waals surface area contributed by atoms with Gasteiger partial charge >= 0.3 is 0 Å². The van der Waals surface area contributed by atoms with Crippen LogP contribution in [0.5, 0.6) is 0 Å². The number of carbonyl (C=O) groups is 1. The Kier molecular flexibility index (Phi) is 3.64. The quantitative estimate of drug-likeness (QED) is 0.784. The Hall–Kier alpha value is -1.96. The number of benzene rings is 1. The average Bonchev–Trinajstić information content (AvgIpc) is 3.06. The van der Waals surface area contributed by atoms with E-state index >= 15 is 0 Å². The maximum Gasteiger partial charge on any atom is 0.223 e. The van der Waals surface area contributed by atoms with Crippen LogP contribution in [-0.4, -0.2) is 37.9 Å². The summed E-state index contributed by atoms with van der Waals surface area (Å²) in [7, 11) is 0. The molecule has 1 fully saturated rings. The lowest BCUT2D eigenvalue weighted by atomic mass is 9.95. The van der Waals surface area contributed by atoms with Crippen molar-refractivity contribution in [1.29, 1.82) is 0 Å². The van der Waals surface area contributed by atoms with Crippen molar-refractivity contribution in [2.75, 3.05) is 6.61 Å². The number of hydrogen-bond donors (Lipinski definition) is 3. The van der Waals surface area contributed by atoms with Gasteiger partial charge in [-0.3, -0.25) is 4.79 Å². The van der Waals surface area contributed by atoms with Crippen LogP contribution in [-0.2, 0) is 4.79 Å². The summed E-state index contributed by atoms with van der Waals surface area (Å²) in [4.78, 5) is 15.7. The number of carbonyl (C=O) groups excluding carboxylic acids is 1. The van der Waals surface area contributed by atoms with Gasteiger partial charge in [0.25, 0.3) is 0 Å². The van der Waals surface area contributed by atoms with Crippen molar-refractivity contribution in [3.8, 4) is 5.69 Å². The van der Waals surface area contributed by atoms with Crippen molar-refractivity contribution >= 4 is 17.5 Å². The summed E-state index contributed by atoms with van der Waals surface area (Å²) in [5, 5.41) is 22.3. The van der Waals surface area contributed by atoms with E-state index in [-0.39, 0.29) is 17.4 Å². The first-order valence-corrected chi connectivity index (χ1v) is 6.94. The number of imidazole rings is 1. The third kappa shape index (κ3) is 2.37. The summed E-state index contributed by atoms with van der Waals surface area (Å²) in [6.07, 6.45) is 2.86. The Morgan fingerprint density at radius 3 is 3.00 bits per heavy atom. The van der Waals surface area contributed by atoms with Crippen molar-refractivity contribution in [3.05, 3.63) is 47.3 Å². The van der Waals surface area contributed by atoms with Gasteiger partial charge in [-0.25, -0.2) is 9.37 Å². The van der Waals surface area contributed by atoms with Crippen LogP contribution in [0.4, 0.5) is 4.39 Å². The molecule has 3 rings (SSSR count). The molecule has 1 aromatic carbocycles. The van der Waals surface area contributed by atoms with Gasteiger partial charge in [0, 0.05) is 18.1 Å². The van der Waals surface area contributed by atoms with Gasteiger partial charge in [-0.05, 0) is 18.2 Å². The van der Waals surface area contributed by atoms with Crippen LogP contribution in [0.3, 0.4) is 0 Å². The second kappa shape index (κ2) is 5.35. The van der Waals surface area contributed by atoms with Crippen LogP contribution in [0.1, 0.15) is 18.3 Å². The molecule has 22 heavy (non-hydrogen) atoms. The molecule has 0 saturated carbocycles. The van der Waals surface area contributed by atoms with E-state index in [2.05, 4.69) is 10.3 Å². The van der Waals surface area contributed by atoms with Crippen LogP contribution in [0.2, 0.25) is 5.02 Å². The summed E-state index contributed by atoms with van der Waals surface area (Å²) in [5.74, 6) is -0.605. The third-order valence-electron chi connectivity index (χ3n) is 3.69. The zero-order valence-corrected chi connectivity index (χ0v) is 12.1. The Morgan fingerprint density at radius 1 is 1.55 bits per heavy atom. The molecule has 3 N–H and O–H groups in total. The Labute approximate surface area is 130 Å². The molecule has 1 aliphatic rings. The SMILES string of the molecule is O=C1C[C@](O)(CO)[C@@H](c2nccn2-c2ccc(F)c(Cl)c2)N1. The lowest BCUT2D eigenvalue weighted by molar-refractivity contribution is -0.120. The minimum atomic E-state index is -1.63. The molecule has 0 aliphatic carbocycles. The van der Waals surface area contributed by atoms with E-state index in [1.807, 2.05) is 0 Å². The van der Waals surface area contributed by atoms with Crippen molar-refractivity contribution in [1.82, 2.24) is 14.9 Å². The van der Waals surface area contributed by atoms with Gasteiger partial charge in [-0.2, -0.15) is 0 Å². The minimum absolute atomic E-state index is 0.0509. The molecule has 0 radical (unpaired) electrons.